The molecule has 0 spiro atoms. The Kier molecular flexibility index (Phi) is 1.59. The van der Waals surface area contributed by atoms with Gasteiger partial charge in [-0.2, -0.15) is 0 Å². The normalized spacial score (nSPS) is 17.5. The number of alkyl halides is 1. The predicted molar refractivity (Wildman–Crippen MR) is 48.9 cm³/mol. The van der Waals surface area contributed by atoms with Crippen LogP contribution in [0.3, 0.4) is 0 Å². The second-order valence-electron chi connectivity index (χ2n) is 2.64. The molecular formula is C8H8ClOP. The molecule has 1 aliphatic heterocycles. The smallest absolute Gasteiger partial charge is 0.145 e. The number of fused-ring (bicyclic) bond motifs is 1. The molecule has 2 rings (SSSR count). The van der Waals surface area contributed by atoms with Crippen LogP contribution in [0.15, 0.2) is 24.3 Å². The third-order valence-electron chi connectivity index (χ3n) is 2.01. The highest BCUT2D eigenvalue weighted by atomic mass is 35.5. The molecule has 0 N–H and O–H groups in total. The van der Waals surface area contributed by atoms with Crippen LogP contribution in [0.1, 0.15) is 0 Å². The highest BCUT2D eigenvalue weighted by Crippen LogP contribution is 2.54. The van der Waals surface area contributed by atoms with E-state index in [1.807, 2.05) is 24.3 Å². The molecule has 11 heavy (non-hydrogen) atoms. The van der Waals surface area contributed by atoms with Crippen molar-refractivity contribution >= 4 is 29.4 Å². The Bertz CT molecular complexity index is 308. The first-order valence-corrected chi connectivity index (χ1v) is 5.97. The fourth-order valence-corrected chi connectivity index (χ4v) is 4.54. The summed E-state index contributed by atoms with van der Waals surface area (Å²) in [6.45, 7) is 0. The molecule has 0 amide bonds. The van der Waals surface area contributed by atoms with E-state index in [4.69, 9.17) is 11.6 Å². The van der Waals surface area contributed by atoms with E-state index < -0.39 is 7.14 Å². The maximum atomic E-state index is 11.8. The molecule has 1 aliphatic rings. The Morgan fingerprint density at radius 1 is 1.27 bits per heavy atom. The van der Waals surface area contributed by atoms with E-state index in [9.17, 15) is 4.57 Å². The van der Waals surface area contributed by atoms with Crippen molar-refractivity contribution < 1.29 is 4.57 Å². The molecule has 0 saturated heterocycles. The fraction of sp³-hybridized carbons (Fsp3) is 0.250. The van der Waals surface area contributed by atoms with Gasteiger partial charge in [-0.15, -0.1) is 11.6 Å². The van der Waals surface area contributed by atoms with Crippen LogP contribution in [-0.4, -0.2) is 12.0 Å². The molecule has 0 saturated carbocycles. The van der Waals surface area contributed by atoms with Gasteiger partial charge in [-0.05, 0) is 0 Å². The lowest BCUT2D eigenvalue weighted by Gasteiger charge is -1.89. The second-order valence-corrected chi connectivity index (χ2v) is 5.91. The van der Waals surface area contributed by atoms with Gasteiger partial charge >= 0.3 is 0 Å². The zero-order valence-corrected chi connectivity index (χ0v) is 7.61. The van der Waals surface area contributed by atoms with Crippen LogP contribution in [0.4, 0.5) is 0 Å². The van der Waals surface area contributed by atoms with Crippen molar-refractivity contribution in [1.29, 1.82) is 0 Å². The Morgan fingerprint density at radius 2 is 1.82 bits per heavy atom. The van der Waals surface area contributed by atoms with E-state index in [2.05, 4.69) is 0 Å². The quantitative estimate of drug-likeness (QED) is 0.506. The number of hydrogen-bond donors (Lipinski definition) is 0. The molecule has 0 unspecified atom stereocenters. The maximum Gasteiger partial charge on any atom is 0.145 e. The Labute approximate surface area is 70.7 Å². The predicted octanol–water partition coefficient (Wildman–Crippen LogP) is 1.55. The summed E-state index contributed by atoms with van der Waals surface area (Å²) in [6, 6.07) is 7.71. The summed E-state index contributed by atoms with van der Waals surface area (Å²) in [6.07, 6.45) is 0.633. The van der Waals surface area contributed by atoms with Crippen molar-refractivity contribution in [3.05, 3.63) is 24.3 Å². The SMILES string of the molecule is O=P1(CCCl)c2ccccc21. The highest BCUT2D eigenvalue weighted by molar-refractivity contribution is 7.89. The molecule has 1 aromatic rings. The van der Waals surface area contributed by atoms with Crippen molar-refractivity contribution in [2.45, 2.75) is 0 Å². The maximum absolute atomic E-state index is 11.8. The first-order valence-electron chi connectivity index (χ1n) is 3.54. The molecule has 58 valence electrons. The summed E-state index contributed by atoms with van der Waals surface area (Å²) in [5.74, 6) is 0.492. The van der Waals surface area contributed by atoms with E-state index in [1.165, 1.54) is 0 Å². The third kappa shape index (κ3) is 0.953. The molecule has 1 aromatic carbocycles. The molecule has 0 radical (unpaired) electrons. The second kappa shape index (κ2) is 2.36. The van der Waals surface area contributed by atoms with Crippen molar-refractivity contribution in [1.82, 2.24) is 0 Å². The van der Waals surface area contributed by atoms with E-state index in [0.29, 0.717) is 12.0 Å². The van der Waals surface area contributed by atoms with E-state index in [0.717, 1.165) is 10.6 Å². The first kappa shape index (κ1) is 7.39. The number of hydrogen-bond acceptors (Lipinski definition) is 1. The summed E-state index contributed by atoms with van der Waals surface area (Å²) in [4.78, 5) is 0. The van der Waals surface area contributed by atoms with E-state index in [-0.39, 0.29) is 0 Å². The van der Waals surface area contributed by atoms with Gasteiger partial charge in [-0.3, -0.25) is 0 Å². The Hall–Kier alpha value is -0.260. The molecular weight excluding hydrogens is 179 g/mol. The third-order valence-corrected chi connectivity index (χ3v) is 5.43. The summed E-state index contributed by atoms with van der Waals surface area (Å²) >= 11 is 5.54. The largest absolute Gasteiger partial charge is 0.314 e. The fourth-order valence-electron chi connectivity index (χ4n) is 1.37. The van der Waals surface area contributed by atoms with Gasteiger partial charge in [-0.25, -0.2) is 0 Å². The minimum absolute atomic E-state index is 0.492. The van der Waals surface area contributed by atoms with Crippen LogP contribution < -0.4 is 10.6 Å². The molecule has 1 nitrogen and oxygen atoms in total. The van der Waals surface area contributed by atoms with Crippen LogP contribution in [0.2, 0.25) is 0 Å². The first-order chi connectivity index (χ1) is 5.29. The van der Waals surface area contributed by atoms with Crippen molar-refractivity contribution in [2.24, 2.45) is 0 Å². The molecule has 0 fully saturated rings. The van der Waals surface area contributed by atoms with Gasteiger partial charge in [0.15, 0.2) is 0 Å². The lowest BCUT2D eigenvalue weighted by molar-refractivity contribution is 0.591. The summed E-state index contributed by atoms with van der Waals surface area (Å²) in [7, 11) is -2.05. The van der Waals surface area contributed by atoms with Gasteiger partial charge < -0.3 is 4.57 Å². The van der Waals surface area contributed by atoms with Crippen molar-refractivity contribution in [2.75, 3.05) is 12.0 Å². The van der Waals surface area contributed by atoms with Crippen molar-refractivity contribution in [3.8, 4) is 0 Å². The topological polar surface area (TPSA) is 17.1 Å². The molecule has 0 aromatic heterocycles. The van der Waals surface area contributed by atoms with Crippen molar-refractivity contribution in [3.63, 3.8) is 0 Å². The number of benzene rings is 1. The van der Waals surface area contributed by atoms with Gasteiger partial charge in [-0.1, -0.05) is 24.3 Å². The highest BCUT2D eigenvalue weighted by Gasteiger charge is 2.43. The van der Waals surface area contributed by atoms with Crippen LogP contribution in [-0.2, 0) is 4.57 Å². The van der Waals surface area contributed by atoms with Gasteiger partial charge in [0.25, 0.3) is 0 Å². The van der Waals surface area contributed by atoms with Gasteiger partial charge in [0.05, 0.1) is 0 Å². The summed E-state index contributed by atoms with van der Waals surface area (Å²) < 4.78 is 11.8. The molecule has 3 heteroatoms. The lowest BCUT2D eigenvalue weighted by Crippen LogP contribution is -1.83. The number of halogens is 1. The average Bonchev–Trinajstić information content (AvgIpc) is 2.60. The minimum Gasteiger partial charge on any atom is -0.314 e. The lowest BCUT2D eigenvalue weighted by atomic mass is 10.4. The molecule has 0 bridgehead atoms. The Balaban J connectivity index is 2.35. The molecule has 0 atom stereocenters. The van der Waals surface area contributed by atoms with E-state index in [1.54, 1.807) is 0 Å². The number of rotatable bonds is 2. The molecule has 1 heterocycles. The molecule has 0 aliphatic carbocycles. The van der Waals surface area contributed by atoms with Gasteiger partial charge in [0.1, 0.15) is 7.14 Å². The zero-order valence-electron chi connectivity index (χ0n) is 5.96. The van der Waals surface area contributed by atoms with Crippen LogP contribution in [0.5, 0.6) is 0 Å². The summed E-state index contributed by atoms with van der Waals surface area (Å²) in [5, 5.41) is 2.08. The van der Waals surface area contributed by atoms with Gasteiger partial charge in [0, 0.05) is 22.7 Å². The van der Waals surface area contributed by atoms with Crippen LogP contribution in [0, 0.1) is 0 Å². The van der Waals surface area contributed by atoms with E-state index >= 15 is 0 Å². The van der Waals surface area contributed by atoms with Crippen LogP contribution in [0.25, 0.3) is 0 Å². The summed E-state index contributed by atoms with van der Waals surface area (Å²) in [5.41, 5.74) is 0. The van der Waals surface area contributed by atoms with Gasteiger partial charge in [0.2, 0.25) is 0 Å². The minimum atomic E-state index is -2.05. The van der Waals surface area contributed by atoms with Crippen LogP contribution >= 0.6 is 18.7 Å². The standard InChI is InChI=1S/C8H8ClOP/c9-5-6-11(10)7-3-1-2-4-8(7)11/h1-4H,5-6H2. The zero-order chi connectivity index (χ0) is 7.90. The Morgan fingerprint density at radius 3 is 2.27 bits per heavy atom. The average molecular weight is 187 g/mol. The monoisotopic (exact) mass is 186 g/mol.